The summed E-state index contributed by atoms with van der Waals surface area (Å²) in [5.41, 5.74) is -0.708. The van der Waals surface area contributed by atoms with E-state index in [1.54, 1.807) is 18.2 Å². The van der Waals surface area contributed by atoms with Gasteiger partial charge < -0.3 is 15.4 Å². The third-order valence-electron chi connectivity index (χ3n) is 5.46. The van der Waals surface area contributed by atoms with Gasteiger partial charge >= 0.3 is 6.18 Å². The monoisotopic (exact) mass is 416 g/mol. The molecule has 1 unspecified atom stereocenters. The number of benzene rings is 2. The van der Waals surface area contributed by atoms with Crippen molar-refractivity contribution in [3.63, 3.8) is 0 Å². The summed E-state index contributed by atoms with van der Waals surface area (Å²) in [6.45, 7) is -0.0305. The highest BCUT2D eigenvalue weighted by molar-refractivity contribution is 5.90. The minimum absolute atomic E-state index is 0.0305. The van der Waals surface area contributed by atoms with Gasteiger partial charge in [-0.15, -0.1) is 0 Å². The molecule has 2 heterocycles. The quantitative estimate of drug-likeness (QED) is 0.608. The minimum atomic E-state index is -4.55. The average molecular weight is 416 g/mol. The van der Waals surface area contributed by atoms with Gasteiger partial charge in [-0.1, -0.05) is 30.3 Å². The van der Waals surface area contributed by atoms with Crippen molar-refractivity contribution in [2.24, 2.45) is 0 Å². The highest BCUT2D eigenvalue weighted by atomic mass is 19.4. The minimum Gasteiger partial charge on any atom is -0.396 e. The zero-order valence-corrected chi connectivity index (χ0v) is 15.8. The number of aliphatic hydroxyl groups excluding tert-OH is 1. The zero-order valence-electron chi connectivity index (χ0n) is 15.8. The Kier molecular flexibility index (Phi) is 5.11. The van der Waals surface area contributed by atoms with Gasteiger partial charge in [0.25, 0.3) is 5.56 Å². The van der Waals surface area contributed by atoms with Gasteiger partial charge in [0.15, 0.2) is 0 Å². The van der Waals surface area contributed by atoms with Crippen molar-refractivity contribution in [1.82, 2.24) is 10.3 Å². The number of hydrogen-bond donors (Lipinski definition) is 3. The lowest BCUT2D eigenvalue weighted by Gasteiger charge is -2.14. The second-order valence-electron chi connectivity index (χ2n) is 7.41. The number of halogens is 3. The highest BCUT2D eigenvalue weighted by Crippen LogP contribution is 2.37. The predicted octanol–water partition coefficient (Wildman–Crippen LogP) is 3.57. The summed E-state index contributed by atoms with van der Waals surface area (Å²) in [6, 6.07) is 11.4. The fraction of sp³-hybridized carbons (Fsp3) is 0.273. The molecule has 0 bridgehead atoms. The summed E-state index contributed by atoms with van der Waals surface area (Å²) in [4.78, 5) is 27.5. The standard InChI is InChI=1S/C22H19F3N2O3/c23-22(24,25)18-4-2-1-3-15(18)19-10-13-6-5-12(9-16(13)21(30)27-19)17-11-14(7-8-28)26-20(17)29/h1-6,9-10,14,17,28H,7-8,11H2,(H,26,29)(H,27,30)/t14?,17-/m0/s1. The maximum atomic E-state index is 13.4. The summed E-state index contributed by atoms with van der Waals surface area (Å²) in [5, 5.41) is 12.7. The molecule has 1 amide bonds. The number of fused-ring (bicyclic) bond motifs is 1. The summed E-state index contributed by atoms with van der Waals surface area (Å²) >= 11 is 0. The lowest BCUT2D eigenvalue weighted by atomic mass is 9.93. The smallest absolute Gasteiger partial charge is 0.396 e. The molecule has 2 aromatic carbocycles. The number of alkyl halides is 3. The van der Waals surface area contributed by atoms with E-state index in [1.165, 1.54) is 24.3 Å². The molecule has 3 N–H and O–H groups in total. The number of hydrogen-bond acceptors (Lipinski definition) is 3. The van der Waals surface area contributed by atoms with Crippen molar-refractivity contribution in [2.45, 2.75) is 31.0 Å². The van der Waals surface area contributed by atoms with Crippen LogP contribution in [0.1, 0.15) is 29.9 Å². The van der Waals surface area contributed by atoms with Crippen molar-refractivity contribution in [1.29, 1.82) is 0 Å². The number of aromatic amines is 1. The largest absolute Gasteiger partial charge is 0.417 e. The average Bonchev–Trinajstić information content (AvgIpc) is 3.07. The third kappa shape index (κ3) is 3.70. The second kappa shape index (κ2) is 7.60. The van der Waals surface area contributed by atoms with Gasteiger partial charge in [0.05, 0.1) is 11.5 Å². The molecule has 2 atom stereocenters. The lowest BCUT2D eigenvalue weighted by molar-refractivity contribution is -0.137. The van der Waals surface area contributed by atoms with Gasteiger partial charge in [0, 0.05) is 29.3 Å². The molecule has 0 aliphatic carbocycles. The van der Waals surface area contributed by atoms with Crippen LogP contribution in [0, 0.1) is 0 Å². The van der Waals surface area contributed by atoms with Gasteiger partial charge in [-0.3, -0.25) is 9.59 Å². The van der Waals surface area contributed by atoms with Gasteiger partial charge in [-0.2, -0.15) is 13.2 Å². The third-order valence-corrected chi connectivity index (χ3v) is 5.46. The molecule has 5 nitrogen and oxygen atoms in total. The van der Waals surface area contributed by atoms with Gasteiger partial charge in [0.2, 0.25) is 5.91 Å². The van der Waals surface area contributed by atoms with Crippen LogP contribution in [0.3, 0.4) is 0 Å². The van der Waals surface area contributed by atoms with E-state index in [2.05, 4.69) is 10.3 Å². The van der Waals surface area contributed by atoms with Crippen molar-refractivity contribution in [2.75, 3.05) is 6.61 Å². The van der Waals surface area contributed by atoms with E-state index >= 15 is 0 Å². The summed E-state index contributed by atoms with van der Waals surface area (Å²) in [5.74, 6) is -0.601. The molecule has 0 spiro atoms. The molecule has 4 rings (SSSR count). The second-order valence-corrected chi connectivity index (χ2v) is 7.41. The van der Waals surface area contributed by atoms with Gasteiger partial charge in [-0.05, 0) is 42.0 Å². The molecular weight excluding hydrogens is 397 g/mol. The molecule has 1 fully saturated rings. The van der Waals surface area contributed by atoms with Crippen LogP contribution in [0.5, 0.6) is 0 Å². The number of aromatic nitrogens is 1. The molecule has 156 valence electrons. The normalized spacial score (nSPS) is 19.3. The molecule has 1 aromatic heterocycles. The molecule has 8 heteroatoms. The van der Waals surface area contributed by atoms with Crippen molar-refractivity contribution in [3.8, 4) is 11.3 Å². The van der Waals surface area contributed by atoms with Crippen LogP contribution in [0.2, 0.25) is 0 Å². The van der Waals surface area contributed by atoms with Crippen molar-refractivity contribution < 1.29 is 23.1 Å². The summed E-state index contributed by atoms with van der Waals surface area (Å²) < 4.78 is 40.1. The first-order chi connectivity index (χ1) is 14.3. The fourth-order valence-corrected chi connectivity index (χ4v) is 3.99. The van der Waals surface area contributed by atoms with E-state index in [4.69, 9.17) is 5.11 Å². The number of rotatable bonds is 4. The van der Waals surface area contributed by atoms with E-state index in [0.29, 0.717) is 29.2 Å². The molecular formula is C22H19F3N2O3. The molecule has 1 aliphatic rings. The molecule has 3 aromatic rings. The number of aliphatic hydroxyl groups is 1. The Morgan fingerprint density at radius 2 is 1.83 bits per heavy atom. The van der Waals surface area contributed by atoms with Crippen LogP contribution in [0.25, 0.3) is 22.0 Å². The Hall–Kier alpha value is -3.13. The van der Waals surface area contributed by atoms with E-state index in [0.717, 1.165) is 6.07 Å². The van der Waals surface area contributed by atoms with Gasteiger partial charge in [-0.25, -0.2) is 0 Å². The summed E-state index contributed by atoms with van der Waals surface area (Å²) in [7, 11) is 0. The SMILES string of the molecule is O=C1NC(CCO)C[C@H]1c1ccc2cc(-c3ccccc3C(F)(F)F)[nH]c(=O)c2c1. The number of nitrogens with one attached hydrogen (secondary N) is 2. The molecule has 1 saturated heterocycles. The van der Waals surface area contributed by atoms with Crippen molar-refractivity contribution in [3.05, 3.63) is 70.0 Å². The van der Waals surface area contributed by atoms with E-state index in [9.17, 15) is 22.8 Å². The molecule has 0 saturated carbocycles. The Labute approximate surface area is 169 Å². The van der Waals surface area contributed by atoms with Crippen LogP contribution in [-0.2, 0) is 11.0 Å². The van der Waals surface area contributed by atoms with E-state index in [-0.39, 0.29) is 29.8 Å². The lowest BCUT2D eigenvalue weighted by Crippen LogP contribution is -2.26. The Morgan fingerprint density at radius 1 is 1.07 bits per heavy atom. The number of carbonyl (C=O) groups excluding carboxylic acids is 1. The number of H-pyrrole nitrogens is 1. The maximum absolute atomic E-state index is 13.4. The van der Waals surface area contributed by atoms with Crippen LogP contribution in [0.4, 0.5) is 13.2 Å². The predicted molar refractivity (Wildman–Crippen MR) is 106 cm³/mol. The van der Waals surface area contributed by atoms with Crippen LogP contribution in [0.15, 0.2) is 53.3 Å². The first-order valence-corrected chi connectivity index (χ1v) is 9.52. The Balaban J connectivity index is 1.75. The Bertz CT molecular complexity index is 1170. The van der Waals surface area contributed by atoms with Gasteiger partial charge in [0.1, 0.15) is 0 Å². The van der Waals surface area contributed by atoms with E-state index in [1.807, 2.05) is 0 Å². The molecule has 1 aliphatic heterocycles. The number of carbonyl (C=O) groups is 1. The number of amides is 1. The first-order valence-electron chi connectivity index (χ1n) is 9.52. The maximum Gasteiger partial charge on any atom is 0.417 e. The topological polar surface area (TPSA) is 82.2 Å². The molecule has 0 radical (unpaired) electrons. The van der Waals surface area contributed by atoms with Crippen molar-refractivity contribution >= 4 is 16.7 Å². The summed E-state index contributed by atoms with van der Waals surface area (Å²) in [6.07, 6.45) is -3.58. The van der Waals surface area contributed by atoms with Crippen LogP contribution < -0.4 is 10.9 Å². The highest BCUT2D eigenvalue weighted by Gasteiger charge is 2.34. The first kappa shape index (κ1) is 20.2. The molecule has 30 heavy (non-hydrogen) atoms. The number of pyridine rings is 1. The zero-order chi connectivity index (χ0) is 21.5. The Morgan fingerprint density at radius 3 is 2.57 bits per heavy atom. The van der Waals surface area contributed by atoms with Crippen LogP contribution in [-0.4, -0.2) is 28.6 Å². The fourth-order valence-electron chi connectivity index (χ4n) is 3.99. The van der Waals surface area contributed by atoms with Crippen LogP contribution >= 0.6 is 0 Å². The van der Waals surface area contributed by atoms with E-state index < -0.39 is 23.2 Å².